The van der Waals surface area contributed by atoms with Crippen molar-refractivity contribution in [2.45, 2.75) is 0 Å². The number of carbonyl (C=O) groups is 2. The second kappa shape index (κ2) is 8.05. The number of aromatic nitrogens is 2. The number of nitrogens with zero attached hydrogens (tertiary/aromatic N) is 3. The number of esters is 1. The topological polar surface area (TPSA) is 64.4 Å². The lowest BCUT2D eigenvalue weighted by Crippen LogP contribution is -2.28. The van der Waals surface area contributed by atoms with Crippen molar-refractivity contribution in [3.8, 4) is 16.9 Å². The molecule has 3 aromatic rings. The largest absolute Gasteiger partial charge is 0.451 e. The Morgan fingerprint density at radius 1 is 1.07 bits per heavy atom. The van der Waals surface area contributed by atoms with Gasteiger partial charge >= 0.3 is 5.97 Å². The fourth-order valence-corrected chi connectivity index (χ4v) is 2.51. The van der Waals surface area contributed by atoms with Crippen LogP contribution in [-0.4, -0.2) is 47.3 Å². The van der Waals surface area contributed by atoms with Crippen molar-refractivity contribution in [2.75, 3.05) is 20.7 Å². The van der Waals surface area contributed by atoms with Crippen LogP contribution in [-0.2, 0) is 9.53 Å². The second-order valence-electron chi connectivity index (χ2n) is 6.03. The van der Waals surface area contributed by atoms with E-state index in [9.17, 15) is 9.59 Å². The highest BCUT2D eigenvalue weighted by Crippen LogP contribution is 2.24. The van der Waals surface area contributed by atoms with Gasteiger partial charge in [-0.1, -0.05) is 41.9 Å². The maximum atomic E-state index is 12.6. The molecular formula is C20H18ClN3O3. The number of rotatable bonds is 5. The third-order valence-electron chi connectivity index (χ3n) is 3.88. The predicted molar refractivity (Wildman–Crippen MR) is 103 cm³/mol. The van der Waals surface area contributed by atoms with Gasteiger partial charge in [0.1, 0.15) is 0 Å². The van der Waals surface area contributed by atoms with Gasteiger partial charge in [0.05, 0.1) is 11.4 Å². The lowest BCUT2D eigenvalue weighted by Gasteiger charge is -2.11. The first-order valence-electron chi connectivity index (χ1n) is 8.24. The number of hydrogen-bond acceptors (Lipinski definition) is 4. The van der Waals surface area contributed by atoms with E-state index in [-0.39, 0.29) is 18.2 Å². The van der Waals surface area contributed by atoms with Crippen LogP contribution in [0.5, 0.6) is 0 Å². The molecule has 3 rings (SSSR count). The first kappa shape index (κ1) is 18.7. The third-order valence-corrected chi connectivity index (χ3v) is 4.14. The molecule has 6 nitrogen and oxygen atoms in total. The van der Waals surface area contributed by atoms with Gasteiger partial charge in [0, 0.05) is 24.7 Å². The Labute approximate surface area is 161 Å². The van der Waals surface area contributed by atoms with Crippen molar-refractivity contribution < 1.29 is 14.3 Å². The number of likely N-dealkylation sites (N-methyl/N-ethyl adjacent to an activating group) is 1. The molecule has 7 heteroatoms. The van der Waals surface area contributed by atoms with Gasteiger partial charge in [-0.15, -0.1) is 0 Å². The molecule has 0 fully saturated rings. The quantitative estimate of drug-likeness (QED) is 0.633. The summed E-state index contributed by atoms with van der Waals surface area (Å²) in [5.41, 5.74) is 2.36. The highest BCUT2D eigenvalue weighted by molar-refractivity contribution is 6.30. The molecule has 0 radical (unpaired) electrons. The highest BCUT2D eigenvalue weighted by atomic mass is 35.5. The molecule has 0 aliphatic heterocycles. The molecule has 1 heterocycles. The van der Waals surface area contributed by atoms with Crippen molar-refractivity contribution in [3.05, 3.63) is 71.4 Å². The van der Waals surface area contributed by atoms with Crippen LogP contribution in [0.1, 0.15) is 10.5 Å². The Hall–Kier alpha value is -3.12. The number of halogens is 1. The van der Waals surface area contributed by atoms with Crippen LogP contribution < -0.4 is 0 Å². The van der Waals surface area contributed by atoms with Crippen molar-refractivity contribution >= 4 is 23.5 Å². The molecule has 2 aromatic carbocycles. The average molecular weight is 384 g/mol. The minimum atomic E-state index is -0.623. The zero-order valence-electron chi connectivity index (χ0n) is 14.9. The summed E-state index contributed by atoms with van der Waals surface area (Å²) in [5, 5.41) is 5.16. The van der Waals surface area contributed by atoms with Gasteiger partial charge < -0.3 is 9.64 Å². The molecule has 0 N–H and O–H groups in total. The van der Waals surface area contributed by atoms with Crippen LogP contribution in [0.25, 0.3) is 16.9 Å². The van der Waals surface area contributed by atoms with Crippen LogP contribution in [0.4, 0.5) is 0 Å². The minimum Gasteiger partial charge on any atom is -0.451 e. The summed E-state index contributed by atoms with van der Waals surface area (Å²) in [7, 11) is 3.20. The van der Waals surface area contributed by atoms with Gasteiger partial charge in [-0.25, -0.2) is 9.48 Å². The van der Waals surface area contributed by atoms with E-state index in [0.29, 0.717) is 16.4 Å². The Morgan fingerprint density at radius 3 is 2.37 bits per heavy atom. The second-order valence-corrected chi connectivity index (χ2v) is 6.47. The number of ether oxygens (including phenoxy) is 1. The van der Waals surface area contributed by atoms with Gasteiger partial charge in [0.25, 0.3) is 5.91 Å². The molecule has 27 heavy (non-hydrogen) atoms. The third kappa shape index (κ3) is 4.35. The van der Waals surface area contributed by atoms with Gasteiger partial charge in [0.15, 0.2) is 12.3 Å². The molecule has 1 aromatic heterocycles. The highest BCUT2D eigenvalue weighted by Gasteiger charge is 2.20. The monoisotopic (exact) mass is 383 g/mol. The fraction of sp³-hybridized carbons (Fsp3) is 0.150. The summed E-state index contributed by atoms with van der Waals surface area (Å²) in [4.78, 5) is 25.7. The molecule has 0 saturated heterocycles. The molecule has 1 amide bonds. The first-order valence-corrected chi connectivity index (χ1v) is 8.62. The number of amides is 1. The Morgan fingerprint density at radius 2 is 1.74 bits per heavy atom. The van der Waals surface area contributed by atoms with E-state index in [0.717, 1.165) is 5.56 Å². The summed E-state index contributed by atoms with van der Waals surface area (Å²) in [6.07, 6.45) is 0. The normalized spacial score (nSPS) is 10.5. The van der Waals surface area contributed by atoms with E-state index >= 15 is 0 Å². The molecule has 0 bridgehead atoms. The molecule has 0 spiro atoms. The Bertz CT molecular complexity index is 950. The SMILES string of the molecule is CN(C)C(=O)COC(=O)c1cc(-c2ccc(Cl)cc2)nn1-c1ccccc1. The molecule has 0 saturated carbocycles. The Balaban J connectivity index is 1.96. The van der Waals surface area contributed by atoms with Crippen LogP contribution >= 0.6 is 11.6 Å². The zero-order chi connectivity index (χ0) is 19.4. The summed E-state index contributed by atoms with van der Waals surface area (Å²) >= 11 is 5.94. The maximum Gasteiger partial charge on any atom is 0.357 e. The Kier molecular flexibility index (Phi) is 5.57. The van der Waals surface area contributed by atoms with Crippen molar-refractivity contribution in [3.63, 3.8) is 0 Å². The van der Waals surface area contributed by atoms with Crippen molar-refractivity contribution in [1.82, 2.24) is 14.7 Å². The average Bonchev–Trinajstić information content (AvgIpc) is 3.12. The summed E-state index contributed by atoms with van der Waals surface area (Å²) in [6.45, 7) is -0.331. The first-order chi connectivity index (χ1) is 13.0. The molecule has 138 valence electrons. The van der Waals surface area contributed by atoms with Crippen LogP contribution in [0, 0.1) is 0 Å². The number of carbonyl (C=O) groups excluding carboxylic acids is 2. The summed E-state index contributed by atoms with van der Waals surface area (Å²) < 4.78 is 6.68. The molecule has 0 aliphatic carbocycles. The molecule has 0 aliphatic rings. The zero-order valence-corrected chi connectivity index (χ0v) is 15.7. The fourth-order valence-electron chi connectivity index (χ4n) is 2.38. The van der Waals surface area contributed by atoms with Crippen LogP contribution in [0.2, 0.25) is 5.02 Å². The lowest BCUT2D eigenvalue weighted by atomic mass is 10.1. The maximum absolute atomic E-state index is 12.6. The van der Waals surface area contributed by atoms with Crippen LogP contribution in [0.15, 0.2) is 60.7 Å². The number of para-hydroxylation sites is 1. The van der Waals surface area contributed by atoms with Crippen molar-refractivity contribution in [1.29, 1.82) is 0 Å². The molecule has 0 unspecified atom stereocenters. The minimum absolute atomic E-state index is 0.234. The van der Waals surface area contributed by atoms with E-state index in [2.05, 4.69) is 5.10 Å². The van der Waals surface area contributed by atoms with Gasteiger partial charge in [0.2, 0.25) is 0 Å². The standard InChI is InChI=1S/C20H18ClN3O3/c1-23(2)19(25)13-27-20(26)18-12-17(14-8-10-15(21)11-9-14)22-24(18)16-6-4-3-5-7-16/h3-12H,13H2,1-2H3. The van der Waals surface area contributed by atoms with E-state index in [1.807, 2.05) is 42.5 Å². The summed E-state index contributed by atoms with van der Waals surface area (Å²) in [6, 6.07) is 18.0. The summed E-state index contributed by atoms with van der Waals surface area (Å²) in [5.74, 6) is -0.922. The van der Waals surface area contributed by atoms with Crippen molar-refractivity contribution in [2.24, 2.45) is 0 Å². The van der Waals surface area contributed by atoms with E-state index in [1.165, 1.54) is 9.58 Å². The lowest BCUT2D eigenvalue weighted by molar-refractivity contribution is -0.131. The number of benzene rings is 2. The van der Waals surface area contributed by atoms with Gasteiger partial charge in [-0.05, 0) is 30.3 Å². The molecular weight excluding hydrogens is 366 g/mol. The number of hydrogen-bond donors (Lipinski definition) is 0. The van der Waals surface area contributed by atoms with E-state index < -0.39 is 5.97 Å². The van der Waals surface area contributed by atoms with Gasteiger partial charge in [-0.3, -0.25) is 4.79 Å². The molecule has 0 atom stereocenters. The van der Waals surface area contributed by atoms with E-state index in [4.69, 9.17) is 16.3 Å². The van der Waals surface area contributed by atoms with E-state index in [1.54, 1.807) is 32.3 Å². The van der Waals surface area contributed by atoms with Gasteiger partial charge in [-0.2, -0.15) is 5.10 Å². The smallest absolute Gasteiger partial charge is 0.357 e. The predicted octanol–water partition coefficient (Wildman–Crippen LogP) is 3.44. The van der Waals surface area contributed by atoms with Crippen LogP contribution in [0.3, 0.4) is 0 Å².